The molecule has 0 aromatic rings. The van der Waals surface area contributed by atoms with Crippen molar-refractivity contribution in [3.05, 3.63) is 0 Å². The Balaban J connectivity index is 2.14. The van der Waals surface area contributed by atoms with Crippen molar-refractivity contribution < 1.29 is 19.4 Å². The summed E-state index contributed by atoms with van der Waals surface area (Å²) in [6, 6.07) is 0.0929. The third-order valence-corrected chi connectivity index (χ3v) is 4.13. The number of urea groups is 1. The maximum atomic E-state index is 11.9. The van der Waals surface area contributed by atoms with Crippen LogP contribution in [0.5, 0.6) is 0 Å². The molecule has 2 amide bonds. The van der Waals surface area contributed by atoms with Crippen molar-refractivity contribution in [2.75, 3.05) is 7.11 Å². The number of methoxy groups -OCH3 is 1. The minimum Gasteiger partial charge on any atom is -0.481 e. The van der Waals surface area contributed by atoms with Gasteiger partial charge in [-0.3, -0.25) is 4.79 Å². The number of hydrogen-bond acceptors (Lipinski definition) is 3. The van der Waals surface area contributed by atoms with E-state index in [1.807, 2.05) is 6.92 Å². The molecule has 1 fully saturated rings. The van der Waals surface area contributed by atoms with E-state index in [9.17, 15) is 9.59 Å². The molecule has 0 bridgehead atoms. The van der Waals surface area contributed by atoms with Gasteiger partial charge in [0.2, 0.25) is 0 Å². The summed E-state index contributed by atoms with van der Waals surface area (Å²) in [4.78, 5) is 22.6. The third-order valence-electron chi connectivity index (χ3n) is 4.13. The highest BCUT2D eigenvalue weighted by molar-refractivity contribution is 5.74. The van der Waals surface area contributed by atoms with Gasteiger partial charge in [0.1, 0.15) is 0 Å². The molecule has 1 aliphatic rings. The second-order valence-corrected chi connectivity index (χ2v) is 6.06. The number of carboxylic acid groups (broad SMARTS) is 1. The second-order valence-electron chi connectivity index (χ2n) is 6.06. The summed E-state index contributed by atoms with van der Waals surface area (Å²) in [5.41, 5.74) is 0. The Kier molecular flexibility index (Phi) is 7.50. The molecule has 3 N–H and O–H groups in total. The van der Waals surface area contributed by atoms with E-state index >= 15 is 0 Å². The number of carbonyl (C=O) groups is 2. The van der Waals surface area contributed by atoms with Crippen LogP contribution in [0.2, 0.25) is 0 Å². The van der Waals surface area contributed by atoms with E-state index in [0.29, 0.717) is 6.42 Å². The average Bonchev–Trinajstić information content (AvgIpc) is 2.85. The van der Waals surface area contributed by atoms with Crippen molar-refractivity contribution >= 4 is 12.0 Å². The van der Waals surface area contributed by atoms with Gasteiger partial charge in [-0.2, -0.15) is 0 Å². The number of nitrogens with one attached hydrogen (secondary N) is 2. The molecule has 0 heterocycles. The van der Waals surface area contributed by atoms with Crippen LogP contribution in [0.1, 0.15) is 52.4 Å². The van der Waals surface area contributed by atoms with Crippen molar-refractivity contribution in [3.8, 4) is 0 Å². The number of carbonyl (C=O) groups excluding carboxylic acids is 1. The smallest absolute Gasteiger partial charge is 0.315 e. The SMILES string of the molecule is COC1CCC(NC(=O)NC(C)CCCC(C)C(=O)O)C1. The monoisotopic (exact) mass is 300 g/mol. The molecule has 1 rings (SSSR count). The van der Waals surface area contributed by atoms with E-state index in [-0.39, 0.29) is 30.1 Å². The molecular formula is C15H28N2O4. The minimum atomic E-state index is -0.762. The Morgan fingerprint density at radius 1 is 1.29 bits per heavy atom. The van der Waals surface area contributed by atoms with E-state index in [0.717, 1.165) is 32.1 Å². The highest BCUT2D eigenvalue weighted by Gasteiger charge is 2.25. The van der Waals surface area contributed by atoms with Gasteiger partial charge in [0, 0.05) is 19.2 Å². The summed E-state index contributed by atoms with van der Waals surface area (Å²) in [6.45, 7) is 3.65. The Morgan fingerprint density at radius 3 is 2.57 bits per heavy atom. The first-order valence-corrected chi connectivity index (χ1v) is 7.75. The van der Waals surface area contributed by atoms with Gasteiger partial charge in [-0.25, -0.2) is 4.79 Å². The highest BCUT2D eigenvalue weighted by Crippen LogP contribution is 2.21. The van der Waals surface area contributed by atoms with E-state index in [1.165, 1.54) is 0 Å². The van der Waals surface area contributed by atoms with Gasteiger partial charge in [0.15, 0.2) is 0 Å². The maximum absolute atomic E-state index is 11.9. The number of amides is 2. The lowest BCUT2D eigenvalue weighted by Crippen LogP contribution is -2.44. The van der Waals surface area contributed by atoms with Crippen LogP contribution < -0.4 is 10.6 Å². The molecule has 0 saturated heterocycles. The molecule has 6 heteroatoms. The number of aliphatic carboxylic acids is 1. The average molecular weight is 300 g/mol. The van der Waals surface area contributed by atoms with E-state index in [2.05, 4.69) is 10.6 Å². The number of rotatable bonds is 8. The van der Waals surface area contributed by atoms with Gasteiger partial charge in [0.25, 0.3) is 0 Å². The van der Waals surface area contributed by atoms with Crippen LogP contribution in [0.25, 0.3) is 0 Å². The fourth-order valence-corrected chi connectivity index (χ4v) is 2.66. The van der Waals surface area contributed by atoms with E-state index < -0.39 is 5.97 Å². The van der Waals surface area contributed by atoms with Crippen molar-refractivity contribution in [3.63, 3.8) is 0 Å². The zero-order valence-electron chi connectivity index (χ0n) is 13.2. The molecule has 0 aromatic heterocycles. The lowest BCUT2D eigenvalue weighted by atomic mass is 10.0. The fourth-order valence-electron chi connectivity index (χ4n) is 2.66. The number of hydrogen-bond donors (Lipinski definition) is 3. The van der Waals surface area contributed by atoms with E-state index in [4.69, 9.17) is 9.84 Å². The molecule has 122 valence electrons. The van der Waals surface area contributed by atoms with Crippen LogP contribution in [0.4, 0.5) is 4.79 Å². The summed E-state index contributed by atoms with van der Waals surface area (Å²) in [5.74, 6) is -1.09. The van der Waals surface area contributed by atoms with Crippen molar-refractivity contribution in [1.82, 2.24) is 10.6 Å². The molecule has 21 heavy (non-hydrogen) atoms. The van der Waals surface area contributed by atoms with Gasteiger partial charge in [-0.15, -0.1) is 0 Å². The van der Waals surface area contributed by atoms with Gasteiger partial charge < -0.3 is 20.5 Å². The van der Waals surface area contributed by atoms with Gasteiger partial charge in [0.05, 0.1) is 12.0 Å². The summed E-state index contributed by atoms with van der Waals surface area (Å²) in [5, 5.41) is 14.7. The van der Waals surface area contributed by atoms with Gasteiger partial charge >= 0.3 is 12.0 Å². The summed E-state index contributed by atoms with van der Waals surface area (Å²) in [7, 11) is 1.70. The standard InChI is InChI=1S/C15H28N2O4/c1-10(14(18)19)5-4-6-11(2)16-15(20)17-12-7-8-13(9-12)21-3/h10-13H,4-9H2,1-3H3,(H,18,19)(H2,16,17,20). The quantitative estimate of drug-likeness (QED) is 0.641. The molecule has 6 nitrogen and oxygen atoms in total. The van der Waals surface area contributed by atoms with Crippen LogP contribution in [0.15, 0.2) is 0 Å². The Labute approximate surface area is 126 Å². The topological polar surface area (TPSA) is 87.7 Å². The normalized spacial score (nSPS) is 24.3. The van der Waals surface area contributed by atoms with Crippen molar-refractivity contribution in [1.29, 1.82) is 0 Å². The zero-order chi connectivity index (χ0) is 15.8. The molecule has 0 radical (unpaired) electrons. The predicted octanol–water partition coefficient (Wildman–Crippen LogP) is 2.13. The van der Waals surface area contributed by atoms with Gasteiger partial charge in [-0.1, -0.05) is 13.3 Å². The van der Waals surface area contributed by atoms with Crippen LogP contribution in [-0.4, -0.2) is 42.4 Å². The summed E-state index contributed by atoms with van der Waals surface area (Å²) < 4.78 is 5.28. The van der Waals surface area contributed by atoms with Crippen molar-refractivity contribution in [2.45, 2.75) is 70.6 Å². The molecule has 4 unspecified atom stereocenters. The zero-order valence-corrected chi connectivity index (χ0v) is 13.2. The second kappa shape index (κ2) is 8.87. The largest absolute Gasteiger partial charge is 0.481 e. The third kappa shape index (κ3) is 6.80. The minimum absolute atomic E-state index is 0.0469. The summed E-state index contributed by atoms with van der Waals surface area (Å²) in [6.07, 6.45) is 5.29. The van der Waals surface area contributed by atoms with Gasteiger partial charge in [-0.05, 0) is 39.0 Å². The van der Waals surface area contributed by atoms with Crippen molar-refractivity contribution in [2.24, 2.45) is 5.92 Å². The first kappa shape index (κ1) is 17.8. The van der Waals surface area contributed by atoms with Crippen LogP contribution >= 0.6 is 0 Å². The van der Waals surface area contributed by atoms with Crippen LogP contribution in [0.3, 0.4) is 0 Å². The Bertz CT molecular complexity index is 349. The lowest BCUT2D eigenvalue weighted by molar-refractivity contribution is -0.141. The molecular weight excluding hydrogens is 272 g/mol. The number of carboxylic acids is 1. The first-order chi connectivity index (χ1) is 9.92. The van der Waals surface area contributed by atoms with E-state index in [1.54, 1.807) is 14.0 Å². The number of ether oxygens (including phenoxy) is 1. The molecule has 4 atom stereocenters. The van der Waals surface area contributed by atoms with Crippen LogP contribution in [-0.2, 0) is 9.53 Å². The Morgan fingerprint density at radius 2 is 2.00 bits per heavy atom. The fraction of sp³-hybridized carbons (Fsp3) is 0.867. The Hall–Kier alpha value is -1.30. The lowest BCUT2D eigenvalue weighted by Gasteiger charge is -2.18. The first-order valence-electron chi connectivity index (χ1n) is 7.75. The molecule has 1 aliphatic carbocycles. The molecule has 0 spiro atoms. The molecule has 0 aromatic carbocycles. The summed E-state index contributed by atoms with van der Waals surface area (Å²) >= 11 is 0. The highest BCUT2D eigenvalue weighted by atomic mass is 16.5. The molecule has 0 aliphatic heterocycles. The predicted molar refractivity (Wildman–Crippen MR) is 80.2 cm³/mol. The maximum Gasteiger partial charge on any atom is 0.315 e. The molecule has 1 saturated carbocycles. The van der Waals surface area contributed by atoms with Crippen LogP contribution in [0, 0.1) is 5.92 Å².